The van der Waals surface area contributed by atoms with E-state index in [-0.39, 0.29) is 17.7 Å². The van der Waals surface area contributed by atoms with E-state index in [0.29, 0.717) is 23.9 Å². The van der Waals surface area contributed by atoms with Gasteiger partial charge in [-0.05, 0) is 56.9 Å². The summed E-state index contributed by atoms with van der Waals surface area (Å²) in [6, 6.07) is 0.987. The van der Waals surface area contributed by atoms with Crippen LogP contribution in [0.4, 0.5) is 0 Å². The summed E-state index contributed by atoms with van der Waals surface area (Å²) in [4.78, 5) is 26.4. The van der Waals surface area contributed by atoms with E-state index in [9.17, 15) is 9.59 Å². The molecular weight excluding hydrogens is 290 g/mol. The molecule has 2 saturated heterocycles. The summed E-state index contributed by atoms with van der Waals surface area (Å²) in [6.45, 7) is 3.77. The molecule has 1 saturated carbocycles. The molecule has 2 bridgehead atoms. The molecular formula is C18H31N3O2. The highest BCUT2D eigenvalue weighted by molar-refractivity contribution is 5.83. The summed E-state index contributed by atoms with van der Waals surface area (Å²) in [5, 5.41) is 0. The first kappa shape index (κ1) is 16.7. The molecule has 23 heavy (non-hydrogen) atoms. The first-order valence-electron chi connectivity index (χ1n) is 9.25. The molecule has 3 rings (SSSR count). The highest BCUT2D eigenvalue weighted by atomic mass is 16.2. The monoisotopic (exact) mass is 321 g/mol. The van der Waals surface area contributed by atoms with Crippen molar-refractivity contribution in [2.75, 3.05) is 7.05 Å². The van der Waals surface area contributed by atoms with E-state index in [2.05, 4.69) is 29.7 Å². The molecule has 0 aromatic carbocycles. The first-order chi connectivity index (χ1) is 11.0. The predicted molar refractivity (Wildman–Crippen MR) is 89.3 cm³/mol. The van der Waals surface area contributed by atoms with Crippen molar-refractivity contribution in [2.45, 2.75) is 70.9 Å². The second-order valence-electron chi connectivity index (χ2n) is 8.08. The van der Waals surface area contributed by atoms with Gasteiger partial charge in [-0.15, -0.1) is 0 Å². The van der Waals surface area contributed by atoms with Crippen LogP contribution in [0.2, 0.25) is 0 Å². The van der Waals surface area contributed by atoms with E-state index in [4.69, 9.17) is 0 Å². The van der Waals surface area contributed by atoms with Gasteiger partial charge >= 0.3 is 0 Å². The normalized spacial score (nSPS) is 40.7. The van der Waals surface area contributed by atoms with Gasteiger partial charge in [0.15, 0.2) is 0 Å². The number of fused-ring (bicyclic) bond motifs is 2. The maximum Gasteiger partial charge on any atom is 0.243 e. The molecule has 0 spiro atoms. The Bertz CT molecular complexity index is 459. The standard InChI is InChI=1S/C18H31N3O2/c1-11-4-6-13(7-5-11)15-10-14-8-9-16(21(14)3)17(15)18(23)20-19-12(2)22/h11,13-17H,4-10H2,1-3H3,(H,19,22)(H,20,23)/t11?,13?,14-,15-,16?,17?/m1/s1. The minimum atomic E-state index is -0.213. The van der Waals surface area contributed by atoms with Crippen LogP contribution in [-0.4, -0.2) is 35.8 Å². The number of hydrogen-bond acceptors (Lipinski definition) is 3. The molecule has 2 N–H and O–H groups in total. The van der Waals surface area contributed by atoms with Gasteiger partial charge in [0.05, 0.1) is 5.92 Å². The zero-order chi connectivity index (χ0) is 16.6. The van der Waals surface area contributed by atoms with E-state index >= 15 is 0 Å². The SMILES string of the molecule is CC(=O)NNC(=O)C1C2CC[C@H](C[C@@H]1C1CCC(C)CC1)N2C. The van der Waals surface area contributed by atoms with Gasteiger partial charge < -0.3 is 0 Å². The highest BCUT2D eigenvalue weighted by Crippen LogP contribution is 2.48. The van der Waals surface area contributed by atoms with E-state index in [1.807, 2.05) is 0 Å². The fourth-order valence-corrected chi connectivity index (χ4v) is 5.31. The summed E-state index contributed by atoms with van der Waals surface area (Å²) in [6.07, 6.45) is 8.59. The number of carbonyl (C=O) groups is 2. The van der Waals surface area contributed by atoms with Gasteiger partial charge in [0, 0.05) is 19.0 Å². The minimum absolute atomic E-state index is 0.0148. The van der Waals surface area contributed by atoms with Gasteiger partial charge in [-0.2, -0.15) is 0 Å². The second kappa shape index (κ2) is 6.80. The number of piperidine rings is 1. The maximum absolute atomic E-state index is 12.8. The van der Waals surface area contributed by atoms with Crippen molar-refractivity contribution in [2.24, 2.45) is 23.7 Å². The molecule has 130 valence electrons. The third-order valence-electron chi connectivity index (χ3n) is 6.65. The van der Waals surface area contributed by atoms with Crippen molar-refractivity contribution in [1.29, 1.82) is 0 Å². The Labute approximate surface area is 139 Å². The lowest BCUT2D eigenvalue weighted by molar-refractivity contribution is -0.136. The van der Waals surface area contributed by atoms with Gasteiger partial charge in [0.2, 0.25) is 11.8 Å². The van der Waals surface area contributed by atoms with Crippen LogP contribution in [0.5, 0.6) is 0 Å². The second-order valence-corrected chi connectivity index (χ2v) is 8.08. The van der Waals surface area contributed by atoms with Crippen molar-refractivity contribution in [3.05, 3.63) is 0 Å². The van der Waals surface area contributed by atoms with Crippen molar-refractivity contribution in [3.8, 4) is 0 Å². The number of hydrazine groups is 1. The molecule has 2 aliphatic heterocycles. The van der Waals surface area contributed by atoms with E-state index in [1.54, 1.807) is 0 Å². The van der Waals surface area contributed by atoms with Gasteiger partial charge in [0.25, 0.3) is 0 Å². The lowest BCUT2D eigenvalue weighted by Crippen LogP contribution is -2.56. The molecule has 5 heteroatoms. The van der Waals surface area contributed by atoms with Gasteiger partial charge in [0.1, 0.15) is 0 Å². The molecule has 2 amide bonds. The Morgan fingerprint density at radius 2 is 1.70 bits per heavy atom. The Morgan fingerprint density at radius 3 is 2.35 bits per heavy atom. The Kier molecular flexibility index (Phi) is 4.95. The predicted octanol–water partition coefficient (Wildman–Crippen LogP) is 2.08. The number of rotatable bonds is 2. The number of carbonyl (C=O) groups excluding carboxylic acids is 2. The van der Waals surface area contributed by atoms with Crippen LogP contribution in [0.15, 0.2) is 0 Å². The summed E-state index contributed by atoms with van der Waals surface area (Å²) in [7, 11) is 2.17. The molecule has 0 aromatic heterocycles. The van der Waals surface area contributed by atoms with Crippen LogP contribution >= 0.6 is 0 Å². The average Bonchev–Trinajstić information content (AvgIpc) is 2.76. The zero-order valence-electron chi connectivity index (χ0n) is 14.7. The molecule has 5 nitrogen and oxygen atoms in total. The molecule has 4 atom stereocenters. The lowest BCUT2D eigenvalue weighted by Gasteiger charge is -2.46. The number of nitrogens with zero attached hydrogens (tertiary/aromatic N) is 1. The van der Waals surface area contributed by atoms with Crippen LogP contribution in [0.25, 0.3) is 0 Å². The maximum atomic E-state index is 12.8. The van der Waals surface area contributed by atoms with Crippen molar-refractivity contribution < 1.29 is 9.59 Å². The molecule has 0 radical (unpaired) electrons. The Hall–Kier alpha value is -1.10. The summed E-state index contributed by atoms with van der Waals surface area (Å²) in [5.74, 6) is 1.81. The highest BCUT2D eigenvalue weighted by Gasteiger charge is 2.50. The van der Waals surface area contributed by atoms with E-state index in [0.717, 1.165) is 18.8 Å². The Morgan fingerprint density at radius 1 is 1.00 bits per heavy atom. The van der Waals surface area contributed by atoms with Crippen molar-refractivity contribution >= 4 is 11.8 Å². The van der Waals surface area contributed by atoms with E-state index in [1.165, 1.54) is 39.0 Å². The van der Waals surface area contributed by atoms with Crippen LogP contribution in [0.1, 0.15) is 58.8 Å². The topological polar surface area (TPSA) is 61.4 Å². The smallest absolute Gasteiger partial charge is 0.243 e. The summed E-state index contributed by atoms with van der Waals surface area (Å²) in [5.41, 5.74) is 5.16. The molecule has 0 aromatic rings. The molecule has 3 aliphatic rings. The van der Waals surface area contributed by atoms with Crippen molar-refractivity contribution in [1.82, 2.24) is 15.8 Å². The number of hydrogen-bond donors (Lipinski definition) is 2. The fourth-order valence-electron chi connectivity index (χ4n) is 5.31. The fraction of sp³-hybridized carbons (Fsp3) is 0.889. The van der Waals surface area contributed by atoms with Crippen LogP contribution in [0, 0.1) is 23.7 Å². The van der Waals surface area contributed by atoms with E-state index < -0.39 is 0 Å². The summed E-state index contributed by atoms with van der Waals surface area (Å²) >= 11 is 0. The number of nitrogens with one attached hydrogen (secondary N) is 2. The third-order valence-corrected chi connectivity index (χ3v) is 6.65. The lowest BCUT2D eigenvalue weighted by atomic mass is 9.67. The van der Waals surface area contributed by atoms with Crippen LogP contribution in [-0.2, 0) is 9.59 Å². The van der Waals surface area contributed by atoms with Gasteiger partial charge in [-0.1, -0.05) is 19.8 Å². The Balaban J connectivity index is 1.75. The molecule has 2 heterocycles. The van der Waals surface area contributed by atoms with Crippen LogP contribution in [0.3, 0.4) is 0 Å². The molecule has 2 unspecified atom stereocenters. The largest absolute Gasteiger partial charge is 0.300 e. The molecule has 1 aliphatic carbocycles. The van der Waals surface area contributed by atoms with Gasteiger partial charge in [-0.3, -0.25) is 25.3 Å². The quantitative estimate of drug-likeness (QED) is 0.766. The third kappa shape index (κ3) is 3.39. The van der Waals surface area contributed by atoms with Crippen LogP contribution < -0.4 is 10.9 Å². The number of amides is 2. The molecule has 3 fully saturated rings. The first-order valence-corrected chi connectivity index (χ1v) is 9.25. The summed E-state index contributed by atoms with van der Waals surface area (Å²) < 4.78 is 0. The van der Waals surface area contributed by atoms with Crippen molar-refractivity contribution in [3.63, 3.8) is 0 Å². The average molecular weight is 321 g/mol. The van der Waals surface area contributed by atoms with Gasteiger partial charge in [-0.25, -0.2) is 0 Å². The minimum Gasteiger partial charge on any atom is -0.300 e. The zero-order valence-corrected chi connectivity index (χ0v) is 14.7.